The van der Waals surface area contributed by atoms with E-state index in [1.54, 1.807) is 0 Å². The van der Waals surface area contributed by atoms with E-state index in [1.807, 2.05) is 0 Å². The topological polar surface area (TPSA) is 4.93 Å². The first-order valence-corrected chi connectivity index (χ1v) is 16.1. The molecule has 0 saturated heterocycles. The van der Waals surface area contributed by atoms with Crippen LogP contribution in [0.4, 0.5) is 0 Å². The van der Waals surface area contributed by atoms with Crippen LogP contribution in [0, 0.1) is 13.8 Å². The Labute approximate surface area is 267 Å². The van der Waals surface area contributed by atoms with Crippen LogP contribution in [0.3, 0.4) is 0 Å². The van der Waals surface area contributed by atoms with Gasteiger partial charge in [0.15, 0.2) is 0 Å². The van der Waals surface area contributed by atoms with Gasteiger partial charge in [-0.05, 0) is 91.6 Å². The molecule has 0 amide bonds. The molecule has 0 aliphatic heterocycles. The SMILES string of the molecule is CC1=C(c2c(C)ccc3c4ccccc4n(-c4ccc(-c5ccccc5)cc4)c23)C=CC=CC1.Cc1ccc2c(c1)C=CCC2. The van der Waals surface area contributed by atoms with Gasteiger partial charge < -0.3 is 4.57 Å². The minimum atomic E-state index is 0.976. The standard InChI is InChI=1S/C33H27N.C11H12/c1-23-11-5-3-8-14-28(23)32-24(2)17-22-30-29-15-9-10-16-31(29)34(33(30)32)27-20-18-26(19-21-27)25-12-6-4-7-13-25;1-9-6-7-10-4-2-3-5-11(10)8-9/h3-10,12-22H,11H2,1-2H3;3,5-8H,2,4H2,1H3. The molecule has 2 aliphatic carbocycles. The Morgan fingerprint density at radius 3 is 2.24 bits per heavy atom. The Morgan fingerprint density at radius 2 is 1.40 bits per heavy atom. The van der Waals surface area contributed by atoms with E-state index in [2.05, 4.69) is 171 Å². The van der Waals surface area contributed by atoms with Crippen LogP contribution in [0.15, 0.2) is 145 Å². The van der Waals surface area contributed by atoms with Crippen molar-refractivity contribution in [3.63, 3.8) is 0 Å². The van der Waals surface area contributed by atoms with Gasteiger partial charge in [0.05, 0.1) is 11.0 Å². The fourth-order valence-electron chi connectivity index (χ4n) is 6.77. The third-order valence-corrected chi connectivity index (χ3v) is 9.12. The van der Waals surface area contributed by atoms with E-state index in [0.717, 1.165) is 6.42 Å². The number of nitrogens with zero attached hydrogens (tertiary/aromatic N) is 1. The summed E-state index contributed by atoms with van der Waals surface area (Å²) in [6, 6.07) is 39.6. The minimum Gasteiger partial charge on any atom is -0.309 e. The fraction of sp³-hybridized carbons (Fsp3) is 0.136. The molecule has 0 unspecified atom stereocenters. The second kappa shape index (κ2) is 12.5. The van der Waals surface area contributed by atoms with Gasteiger partial charge in [-0.2, -0.15) is 0 Å². The van der Waals surface area contributed by atoms with E-state index in [0.29, 0.717) is 0 Å². The average molecular weight is 582 g/mol. The molecule has 8 rings (SSSR count). The number of hydrogen-bond donors (Lipinski definition) is 0. The van der Waals surface area contributed by atoms with Crippen LogP contribution in [0.1, 0.15) is 47.6 Å². The molecule has 0 saturated carbocycles. The average Bonchev–Trinajstić information content (AvgIpc) is 3.26. The second-order valence-corrected chi connectivity index (χ2v) is 12.2. The number of allylic oxidation sites excluding steroid dienone is 7. The van der Waals surface area contributed by atoms with Crippen LogP contribution in [-0.4, -0.2) is 4.57 Å². The third-order valence-electron chi connectivity index (χ3n) is 9.12. The van der Waals surface area contributed by atoms with Gasteiger partial charge in [-0.1, -0.05) is 139 Å². The summed E-state index contributed by atoms with van der Waals surface area (Å²) in [6.07, 6.45) is 16.7. The number of aromatic nitrogens is 1. The monoisotopic (exact) mass is 581 g/mol. The lowest BCUT2D eigenvalue weighted by atomic mass is 9.93. The number of benzene rings is 5. The van der Waals surface area contributed by atoms with Gasteiger partial charge in [-0.25, -0.2) is 0 Å². The summed E-state index contributed by atoms with van der Waals surface area (Å²) in [5, 5.41) is 2.59. The maximum atomic E-state index is 2.45. The zero-order valence-electron chi connectivity index (χ0n) is 26.4. The van der Waals surface area contributed by atoms with Crippen LogP contribution >= 0.6 is 0 Å². The Morgan fingerprint density at radius 1 is 0.622 bits per heavy atom. The van der Waals surface area contributed by atoms with Crippen molar-refractivity contribution in [3.8, 4) is 16.8 Å². The molecular weight excluding hydrogens is 542 g/mol. The molecule has 0 radical (unpaired) electrons. The number of hydrogen-bond acceptors (Lipinski definition) is 0. The molecule has 6 aromatic rings. The smallest absolute Gasteiger partial charge is 0.0622 e. The van der Waals surface area contributed by atoms with Crippen molar-refractivity contribution in [1.82, 2.24) is 4.57 Å². The lowest BCUT2D eigenvalue weighted by Crippen LogP contribution is -1.99. The van der Waals surface area contributed by atoms with Crippen molar-refractivity contribution in [2.24, 2.45) is 0 Å². The van der Waals surface area contributed by atoms with Gasteiger partial charge in [0.2, 0.25) is 0 Å². The normalized spacial score (nSPS) is 13.9. The van der Waals surface area contributed by atoms with Gasteiger partial charge >= 0.3 is 0 Å². The van der Waals surface area contributed by atoms with Gasteiger partial charge in [0.1, 0.15) is 0 Å². The van der Waals surface area contributed by atoms with Gasteiger partial charge in [0, 0.05) is 22.0 Å². The second-order valence-electron chi connectivity index (χ2n) is 12.2. The predicted molar refractivity (Wildman–Crippen MR) is 195 cm³/mol. The Hall–Kier alpha value is -5.14. The first kappa shape index (κ1) is 28.6. The number of para-hydroxylation sites is 1. The summed E-state index contributed by atoms with van der Waals surface area (Å²) in [5.74, 6) is 0. The summed E-state index contributed by atoms with van der Waals surface area (Å²) in [4.78, 5) is 0. The molecule has 0 fully saturated rings. The van der Waals surface area contributed by atoms with E-state index in [1.165, 1.54) is 90.4 Å². The summed E-state index contributed by atoms with van der Waals surface area (Å²) >= 11 is 0. The minimum absolute atomic E-state index is 0.976. The highest BCUT2D eigenvalue weighted by atomic mass is 15.0. The molecular formula is C44H39N. The lowest BCUT2D eigenvalue weighted by molar-refractivity contribution is 0.984. The quantitative estimate of drug-likeness (QED) is 0.196. The van der Waals surface area contributed by atoms with Gasteiger partial charge in [-0.3, -0.25) is 0 Å². The van der Waals surface area contributed by atoms with Crippen LogP contribution in [-0.2, 0) is 6.42 Å². The zero-order chi connectivity index (χ0) is 30.8. The molecule has 5 aromatic carbocycles. The van der Waals surface area contributed by atoms with Crippen molar-refractivity contribution in [1.29, 1.82) is 0 Å². The van der Waals surface area contributed by atoms with Crippen molar-refractivity contribution in [3.05, 3.63) is 173 Å². The Bertz CT molecular complexity index is 2130. The van der Waals surface area contributed by atoms with Crippen molar-refractivity contribution < 1.29 is 0 Å². The Kier molecular flexibility index (Phi) is 7.92. The molecule has 1 aromatic heterocycles. The fourth-order valence-corrected chi connectivity index (χ4v) is 6.77. The van der Waals surface area contributed by atoms with Crippen molar-refractivity contribution >= 4 is 33.5 Å². The summed E-state index contributed by atoms with van der Waals surface area (Å²) in [6.45, 7) is 6.64. The first-order chi connectivity index (χ1) is 22.1. The molecule has 220 valence electrons. The highest BCUT2D eigenvalue weighted by molar-refractivity contribution is 6.13. The highest BCUT2D eigenvalue weighted by Gasteiger charge is 2.19. The Balaban J connectivity index is 0.000000249. The summed E-state index contributed by atoms with van der Waals surface area (Å²) in [7, 11) is 0. The molecule has 0 bridgehead atoms. The first-order valence-electron chi connectivity index (χ1n) is 16.1. The van der Waals surface area contributed by atoms with Crippen LogP contribution in [0.5, 0.6) is 0 Å². The van der Waals surface area contributed by atoms with Gasteiger partial charge in [0.25, 0.3) is 0 Å². The van der Waals surface area contributed by atoms with E-state index in [4.69, 9.17) is 0 Å². The molecule has 1 nitrogen and oxygen atoms in total. The highest BCUT2D eigenvalue weighted by Crippen LogP contribution is 2.40. The number of aryl methyl sites for hydroxylation is 3. The molecule has 2 aliphatic rings. The molecule has 1 heterocycles. The molecule has 1 heteroatoms. The molecule has 0 spiro atoms. The predicted octanol–water partition coefficient (Wildman–Crippen LogP) is 12.0. The number of rotatable bonds is 3. The van der Waals surface area contributed by atoms with Crippen LogP contribution in [0.2, 0.25) is 0 Å². The van der Waals surface area contributed by atoms with E-state index in [9.17, 15) is 0 Å². The number of fused-ring (bicyclic) bond motifs is 4. The zero-order valence-corrected chi connectivity index (χ0v) is 26.4. The molecule has 45 heavy (non-hydrogen) atoms. The van der Waals surface area contributed by atoms with Gasteiger partial charge in [-0.15, -0.1) is 0 Å². The van der Waals surface area contributed by atoms with E-state index in [-0.39, 0.29) is 0 Å². The summed E-state index contributed by atoms with van der Waals surface area (Å²) < 4.78 is 2.45. The third kappa shape index (κ3) is 5.63. The van der Waals surface area contributed by atoms with Crippen molar-refractivity contribution in [2.75, 3.05) is 0 Å². The van der Waals surface area contributed by atoms with E-state index < -0.39 is 0 Å². The largest absolute Gasteiger partial charge is 0.309 e. The van der Waals surface area contributed by atoms with Crippen LogP contribution < -0.4 is 0 Å². The van der Waals surface area contributed by atoms with Crippen molar-refractivity contribution in [2.45, 2.75) is 40.0 Å². The maximum absolute atomic E-state index is 2.45. The molecule has 0 atom stereocenters. The van der Waals surface area contributed by atoms with E-state index >= 15 is 0 Å². The lowest BCUT2D eigenvalue weighted by Gasteiger charge is -2.16. The summed E-state index contributed by atoms with van der Waals surface area (Å²) in [5.41, 5.74) is 15.8. The van der Waals surface area contributed by atoms with Crippen LogP contribution in [0.25, 0.3) is 50.3 Å². The maximum Gasteiger partial charge on any atom is 0.0622 e. The molecule has 0 N–H and O–H groups in total.